The van der Waals surface area contributed by atoms with Crippen LogP contribution in [0.1, 0.15) is 25.1 Å². The quantitative estimate of drug-likeness (QED) is 0.734. The Morgan fingerprint density at radius 3 is 2.88 bits per heavy atom. The first-order chi connectivity index (χ1) is 7.70. The summed E-state index contributed by atoms with van der Waals surface area (Å²) in [7, 11) is 0. The summed E-state index contributed by atoms with van der Waals surface area (Å²) < 4.78 is 0. The lowest BCUT2D eigenvalue weighted by molar-refractivity contribution is 0.583. The fourth-order valence-electron chi connectivity index (χ4n) is 1.86. The molecule has 1 aromatic carbocycles. The van der Waals surface area contributed by atoms with Gasteiger partial charge in [-0.05, 0) is 17.7 Å². The van der Waals surface area contributed by atoms with Crippen LogP contribution in [0.5, 0.6) is 0 Å². The van der Waals surface area contributed by atoms with E-state index in [1.54, 1.807) is 0 Å². The maximum atomic E-state index is 5.72. The van der Waals surface area contributed by atoms with E-state index < -0.39 is 0 Å². The molecule has 0 atom stereocenters. The highest BCUT2D eigenvalue weighted by molar-refractivity contribution is 5.83. The van der Waals surface area contributed by atoms with Crippen LogP contribution >= 0.6 is 0 Å². The Labute approximate surface area is 96.0 Å². The zero-order valence-electron chi connectivity index (χ0n) is 9.88. The van der Waals surface area contributed by atoms with Crippen molar-refractivity contribution in [1.29, 1.82) is 0 Å². The van der Waals surface area contributed by atoms with E-state index in [9.17, 15) is 0 Å². The van der Waals surface area contributed by atoms with Gasteiger partial charge in [-0.3, -0.25) is 0 Å². The lowest BCUT2D eigenvalue weighted by atomic mass is 10.1. The summed E-state index contributed by atoms with van der Waals surface area (Å²) in [5.41, 5.74) is 9.30. The highest BCUT2D eigenvalue weighted by Crippen LogP contribution is 2.19. The average molecular weight is 217 g/mol. The number of benzene rings is 1. The second-order valence-electron chi connectivity index (χ2n) is 4.41. The summed E-state index contributed by atoms with van der Waals surface area (Å²) in [6, 6.07) is 8.90. The number of fused-ring (bicyclic) bond motifs is 1. The van der Waals surface area contributed by atoms with Crippen molar-refractivity contribution in [3.8, 4) is 0 Å². The van der Waals surface area contributed by atoms with Crippen molar-refractivity contribution in [3.63, 3.8) is 0 Å². The fourth-order valence-corrected chi connectivity index (χ4v) is 1.86. The molecule has 86 valence electrons. The smallest absolute Gasteiger partial charge is 0.0459 e. The third kappa shape index (κ3) is 2.26. The SMILES string of the molecule is CC(C)NCc1cc2c(CN)cccc2[nH]1. The second-order valence-corrected chi connectivity index (χ2v) is 4.41. The van der Waals surface area contributed by atoms with Crippen molar-refractivity contribution in [1.82, 2.24) is 10.3 Å². The van der Waals surface area contributed by atoms with Gasteiger partial charge in [0.15, 0.2) is 0 Å². The highest BCUT2D eigenvalue weighted by atomic mass is 14.9. The largest absolute Gasteiger partial charge is 0.357 e. The highest BCUT2D eigenvalue weighted by Gasteiger charge is 2.04. The molecule has 0 aliphatic rings. The van der Waals surface area contributed by atoms with Gasteiger partial charge in [0.25, 0.3) is 0 Å². The van der Waals surface area contributed by atoms with Gasteiger partial charge in [-0.2, -0.15) is 0 Å². The number of aromatic amines is 1. The molecule has 0 aliphatic heterocycles. The molecule has 16 heavy (non-hydrogen) atoms. The molecule has 0 saturated carbocycles. The normalized spacial score (nSPS) is 11.5. The van der Waals surface area contributed by atoms with Gasteiger partial charge in [0.2, 0.25) is 0 Å². The first-order valence-electron chi connectivity index (χ1n) is 5.73. The van der Waals surface area contributed by atoms with Gasteiger partial charge in [0.05, 0.1) is 0 Å². The molecule has 4 N–H and O–H groups in total. The molecular weight excluding hydrogens is 198 g/mol. The number of nitrogens with one attached hydrogen (secondary N) is 2. The van der Waals surface area contributed by atoms with Crippen molar-refractivity contribution < 1.29 is 0 Å². The molecule has 0 amide bonds. The van der Waals surface area contributed by atoms with Crippen LogP contribution in [0, 0.1) is 0 Å². The predicted molar refractivity (Wildman–Crippen MR) is 68.2 cm³/mol. The summed E-state index contributed by atoms with van der Waals surface area (Å²) in [6.07, 6.45) is 0. The predicted octanol–water partition coefficient (Wildman–Crippen LogP) is 2.12. The fraction of sp³-hybridized carbons (Fsp3) is 0.385. The second kappa shape index (κ2) is 4.68. The number of hydrogen-bond donors (Lipinski definition) is 3. The topological polar surface area (TPSA) is 53.8 Å². The van der Waals surface area contributed by atoms with Crippen LogP contribution in [0.4, 0.5) is 0 Å². The number of hydrogen-bond acceptors (Lipinski definition) is 2. The minimum absolute atomic E-state index is 0.500. The number of nitrogens with two attached hydrogens (primary N) is 1. The average Bonchev–Trinajstić information content (AvgIpc) is 2.68. The lowest BCUT2D eigenvalue weighted by Crippen LogP contribution is -2.21. The Kier molecular flexibility index (Phi) is 3.27. The van der Waals surface area contributed by atoms with Crippen LogP contribution in [0.3, 0.4) is 0 Å². The molecule has 0 spiro atoms. The molecule has 1 heterocycles. The molecule has 3 heteroatoms. The van der Waals surface area contributed by atoms with Gasteiger partial charge in [-0.15, -0.1) is 0 Å². The van der Waals surface area contributed by atoms with Crippen LogP contribution in [0.25, 0.3) is 10.9 Å². The molecule has 1 aromatic heterocycles. The van der Waals surface area contributed by atoms with Crippen LogP contribution in [0.2, 0.25) is 0 Å². The Hall–Kier alpha value is -1.32. The summed E-state index contributed by atoms with van der Waals surface area (Å²) in [4.78, 5) is 3.41. The molecule has 2 rings (SSSR count). The number of rotatable bonds is 4. The van der Waals surface area contributed by atoms with Gasteiger partial charge in [-0.25, -0.2) is 0 Å². The minimum Gasteiger partial charge on any atom is -0.357 e. The zero-order valence-corrected chi connectivity index (χ0v) is 9.88. The van der Waals surface area contributed by atoms with E-state index in [1.807, 2.05) is 6.07 Å². The number of H-pyrrole nitrogens is 1. The van der Waals surface area contributed by atoms with E-state index in [4.69, 9.17) is 5.73 Å². The first-order valence-corrected chi connectivity index (χ1v) is 5.73. The molecule has 3 nitrogen and oxygen atoms in total. The molecule has 0 unspecified atom stereocenters. The van der Waals surface area contributed by atoms with Crippen molar-refractivity contribution in [2.45, 2.75) is 33.0 Å². The van der Waals surface area contributed by atoms with Crippen molar-refractivity contribution in [3.05, 3.63) is 35.5 Å². The van der Waals surface area contributed by atoms with Crippen molar-refractivity contribution in [2.24, 2.45) is 5.73 Å². The van der Waals surface area contributed by atoms with Gasteiger partial charge in [0.1, 0.15) is 0 Å². The first kappa shape index (κ1) is 11.2. The van der Waals surface area contributed by atoms with E-state index in [1.165, 1.54) is 22.2 Å². The molecule has 0 bridgehead atoms. The Morgan fingerprint density at radius 2 is 2.19 bits per heavy atom. The summed E-state index contributed by atoms with van der Waals surface area (Å²) in [5, 5.41) is 4.64. The molecular formula is C13H19N3. The summed E-state index contributed by atoms with van der Waals surface area (Å²) >= 11 is 0. The van der Waals surface area contributed by atoms with Crippen molar-refractivity contribution >= 4 is 10.9 Å². The van der Waals surface area contributed by atoms with E-state index in [-0.39, 0.29) is 0 Å². The third-order valence-corrected chi connectivity index (χ3v) is 2.73. The van der Waals surface area contributed by atoms with Crippen molar-refractivity contribution in [2.75, 3.05) is 0 Å². The van der Waals surface area contributed by atoms with Crippen LogP contribution in [-0.2, 0) is 13.1 Å². The van der Waals surface area contributed by atoms with Gasteiger partial charge in [0, 0.05) is 35.7 Å². The Balaban J connectivity index is 2.29. The summed E-state index contributed by atoms with van der Waals surface area (Å²) in [6.45, 7) is 5.75. The zero-order chi connectivity index (χ0) is 11.5. The molecule has 0 fully saturated rings. The van der Waals surface area contributed by atoms with E-state index in [2.05, 4.69) is 42.3 Å². The molecule has 2 aromatic rings. The van der Waals surface area contributed by atoms with E-state index >= 15 is 0 Å². The maximum absolute atomic E-state index is 5.72. The molecule has 0 radical (unpaired) electrons. The summed E-state index contributed by atoms with van der Waals surface area (Å²) in [5.74, 6) is 0. The minimum atomic E-state index is 0.500. The lowest BCUT2D eigenvalue weighted by Gasteiger charge is -2.05. The maximum Gasteiger partial charge on any atom is 0.0459 e. The van der Waals surface area contributed by atoms with Crippen LogP contribution in [-0.4, -0.2) is 11.0 Å². The van der Waals surface area contributed by atoms with Gasteiger partial charge < -0.3 is 16.0 Å². The standard InChI is InChI=1S/C13H19N3/c1-9(2)15-8-11-6-12-10(7-14)4-3-5-13(12)16-11/h3-6,9,15-16H,7-8,14H2,1-2H3. The Morgan fingerprint density at radius 1 is 1.38 bits per heavy atom. The van der Waals surface area contributed by atoms with Gasteiger partial charge in [-0.1, -0.05) is 26.0 Å². The molecule has 0 saturated heterocycles. The monoisotopic (exact) mass is 217 g/mol. The number of aromatic nitrogens is 1. The van der Waals surface area contributed by atoms with E-state index in [0.29, 0.717) is 12.6 Å². The van der Waals surface area contributed by atoms with Gasteiger partial charge >= 0.3 is 0 Å². The van der Waals surface area contributed by atoms with E-state index in [0.717, 1.165) is 6.54 Å². The molecule has 0 aliphatic carbocycles. The van der Waals surface area contributed by atoms with Crippen LogP contribution in [0.15, 0.2) is 24.3 Å². The van der Waals surface area contributed by atoms with Crippen LogP contribution < -0.4 is 11.1 Å². The third-order valence-electron chi connectivity index (χ3n) is 2.73. The Bertz CT molecular complexity index is 471.